The number of hydrogen-bond acceptors (Lipinski definition) is 5. The lowest BCUT2D eigenvalue weighted by Crippen LogP contribution is -2.50. The van der Waals surface area contributed by atoms with Gasteiger partial charge in [-0.2, -0.15) is 0 Å². The van der Waals surface area contributed by atoms with Gasteiger partial charge in [0.15, 0.2) is 0 Å². The van der Waals surface area contributed by atoms with Crippen molar-refractivity contribution in [2.24, 2.45) is 5.92 Å². The van der Waals surface area contributed by atoms with Gasteiger partial charge in [-0.05, 0) is 46.8 Å². The Morgan fingerprint density at radius 2 is 2.09 bits per heavy atom. The first-order valence-electron chi connectivity index (χ1n) is 7.32. The number of aliphatic hydroxyl groups excluding tert-OH is 1. The Kier molecular flexibility index (Phi) is 4.29. The molecule has 7 heteroatoms. The number of piperidine rings is 1. The maximum atomic E-state index is 11.3. The lowest BCUT2D eigenvalue weighted by molar-refractivity contribution is 0.00883. The van der Waals surface area contributed by atoms with E-state index in [1.807, 2.05) is 11.9 Å². The average Bonchev–Trinajstić information content (AvgIpc) is 2.82. The van der Waals surface area contributed by atoms with Crippen LogP contribution < -0.4 is 9.64 Å². The van der Waals surface area contributed by atoms with Crippen LogP contribution >= 0.6 is 15.9 Å². The van der Waals surface area contributed by atoms with Gasteiger partial charge in [0, 0.05) is 31.2 Å². The van der Waals surface area contributed by atoms with E-state index in [4.69, 9.17) is 4.74 Å². The van der Waals surface area contributed by atoms with Crippen molar-refractivity contribution in [3.63, 3.8) is 0 Å². The molecule has 2 aliphatic rings. The second-order valence-electron chi connectivity index (χ2n) is 5.82. The lowest BCUT2D eigenvalue weighted by atomic mass is 9.98. The highest BCUT2D eigenvalue weighted by molar-refractivity contribution is 9.10. The van der Waals surface area contributed by atoms with Gasteiger partial charge in [-0.15, -0.1) is 0 Å². The van der Waals surface area contributed by atoms with Gasteiger partial charge in [-0.1, -0.05) is 0 Å². The maximum absolute atomic E-state index is 11.3. The first kappa shape index (κ1) is 15.6. The number of rotatable bonds is 3. The summed E-state index contributed by atoms with van der Waals surface area (Å²) in [4.78, 5) is 15.4. The van der Waals surface area contributed by atoms with Crippen LogP contribution in [0.2, 0.25) is 0 Å². The molecule has 0 aliphatic carbocycles. The predicted molar refractivity (Wildman–Crippen MR) is 85.3 cm³/mol. The molecule has 0 bridgehead atoms. The highest BCUT2D eigenvalue weighted by atomic mass is 79.9. The third kappa shape index (κ3) is 2.68. The van der Waals surface area contributed by atoms with Crippen LogP contribution in [0.5, 0.6) is 5.75 Å². The van der Waals surface area contributed by atoms with E-state index in [2.05, 4.69) is 20.8 Å². The molecule has 0 amide bonds. The Balaban J connectivity index is 1.79. The SMILES string of the molecule is CN1c2cc(C(=O)O)c(Br)cc2OC1N1CCC(CO)CC1. The lowest BCUT2D eigenvalue weighted by Gasteiger charge is -2.37. The molecule has 1 saturated heterocycles. The number of ether oxygens (including phenoxy) is 1. The quantitative estimate of drug-likeness (QED) is 0.847. The average molecular weight is 371 g/mol. The molecule has 2 N–H and O–H groups in total. The van der Waals surface area contributed by atoms with Crippen LogP contribution in [0.4, 0.5) is 5.69 Å². The Hall–Kier alpha value is -1.31. The number of fused-ring (bicyclic) bond motifs is 1. The summed E-state index contributed by atoms with van der Waals surface area (Å²) >= 11 is 3.28. The fourth-order valence-corrected chi connectivity index (χ4v) is 3.56. The minimum Gasteiger partial charge on any atom is -0.478 e. The zero-order valence-electron chi connectivity index (χ0n) is 12.3. The van der Waals surface area contributed by atoms with Gasteiger partial charge in [-0.3, -0.25) is 4.90 Å². The monoisotopic (exact) mass is 370 g/mol. The van der Waals surface area contributed by atoms with Crippen LogP contribution in [0, 0.1) is 5.92 Å². The molecule has 2 heterocycles. The van der Waals surface area contributed by atoms with Gasteiger partial charge >= 0.3 is 5.97 Å². The Morgan fingerprint density at radius 3 is 2.68 bits per heavy atom. The van der Waals surface area contributed by atoms with Crippen LogP contribution in [0.25, 0.3) is 0 Å². The predicted octanol–water partition coefficient (Wildman–Crippen LogP) is 1.96. The van der Waals surface area contributed by atoms with Crippen molar-refractivity contribution < 1.29 is 19.7 Å². The number of halogens is 1. The molecule has 6 nitrogen and oxygen atoms in total. The molecule has 1 atom stereocenters. The molecule has 120 valence electrons. The summed E-state index contributed by atoms with van der Waals surface area (Å²) in [5, 5.41) is 18.5. The zero-order valence-corrected chi connectivity index (χ0v) is 13.9. The molecule has 2 aliphatic heterocycles. The summed E-state index contributed by atoms with van der Waals surface area (Å²) in [7, 11) is 1.91. The van der Waals surface area contributed by atoms with Gasteiger partial charge in [0.2, 0.25) is 6.35 Å². The fourth-order valence-electron chi connectivity index (χ4n) is 3.06. The third-order valence-corrected chi connectivity index (χ3v) is 5.10. The number of likely N-dealkylation sites (tertiary alicyclic amines) is 1. The zero-order chi connectivity index (χ0) is 15.9. The molecule has 0 radical (unpaired) electrons. The molecule has 0 saturated carbocycles. The number of benzene rings is 1. The number of aromatic carboxylic acids is 1. The van der Waals surface area contributed by atoms with Crippen LogP contribution in [0.3, 0.4) is 0 Å². The highest BCUT2D eigenvalue weighted by Crippen LogP contribution is 2.41. The van der Waals surface area contributed by atoms with Gasteiger partial charge in [-0.25, -0.2) is 4.79 Å². The van der Waals surface area contributed by atoms with Crippen molar-refractivity contribution in [3.8, 4) is 5.75 Å². The Bertz CT molecular complexity index is 587. The normalized spacial score (nSPS) is 22.5. The number of carboxylic acids is 1. The third-order valence-electron chi connectivity index (χ3n) is 4.44. The van der Waals surface area contributed by atoms with Gasteiger partial charge in [0.05, 0.1) is 11.3 Å². The Labute approximate surface area is 137 Å². The second-order valence-corrected chi connectivity index (χ2v) is 6.68. The van der Waals surface area contributed by atoms with E-state index in [0.717, 1.165) is 31.6 Å². The number of anilines is 1. The first-order valence-corrected chi connectivity index (χ1v) is 8.11. The van der Waals surface area contributed by atoms with E-state index in [-0.39, 0.29) is 18.5 Å². The number of nitrogens with zero attached hydrogens (tertiary/aromatic N) is 2. The van der Waals surface area contributed by atoms with Crippen molar-refractivity contribution in [2.75, 3.05) is 31.6 Å². The van der Waals surface area contributed by atoms with E-state index >= 15 is 0 Å². The van der Waals surface area contributed by atoms with Gasteiger partial charge < -0.3 is 19.8 Å². The Morgan fingerprint density at radius 1 is 1.41 bits per heavy atom. The van der Waals surface area contributed by atoms with Crippen LogP contribution in [-0.2, 0) is 0 Å². The summed E-state index contributed by atoms with van der Waals surface area (Å²) in [6, 6.07) is 3.36. The molecule has 0 spiro atoms. The largest absolute Gasteiger partial charge is 0.478 e. The molecule has 1 aromatic rings. The van der Waals surface area contributed by atoms with Crippen molar-refractivity contribution in [2.45, 2.75) is 19.2 Å². The molecule has 22 heavy (non-hydrogen) atoms. The highest BCUT2D eigenvalue weighted by Gasteiger charge is 2.36. The first-order chi connectivity index (χ1) is 10.5. The maximum Gasteiger partial charge on any atom is 0.336 e. The van der Waals surface area contributed by atoms with Crippen LogP contribution in [0.15, 0.2) is 16.6 Å². The molecular formula is C15H19BrN2O4. The molecule has 0 aromatic heterocycles. The minimum absolute atomic E-state index is 0.217. The molecule has 1 fully saturated rings. The van der Waals surface area contributed by atoms with Crippen molar-refractivity contribution in [1.29, 1.82) is 0 Å². The summed E-state index contributed by atoms with van der Waals surface area (Å²) < 4.78 is 6.53. The summed E-state index contributed by atoms with van der Waals surface area (Å²) in [6.07, 6.45) is 1.68. The number of aliphatic hydroxyl groups is 1. The fraction of sp³-hybridized carbons (Fsp3) is 0.533. The summed E-state index contributed by atoms with van der Waals surface area (Å²) in [5.41, 5.74) is 1.02. The summed E-state index contributed by atoms with van der Waals surface area (Å²) in [6.45, 7) is 1.96. The van der Waals surface area contributed by atoms with E-state index in [0.29, 0.717) is 16.1 Å². The molecule has 1 unspecified atom stereocenters. The van der Waals surface area contributed by atoms with Gasteiger partial charge in [0.1, 0.15) is 5.75 Å². The second kappa shape index (κ2) is 6.06. The van der Waals surface area contributed by atoms with Crippen molar-refractivity contribution in [3.05, 3.63) is 22.2 Å². The number of carbonyl (C=O) groups is 1. The van der Waals surface area contributed by atoms with Crippen LogP contribution in [0.1, 0.15) is 23.2 Å². The molecular weight excluding hydrogens is 352 g/mol. The van der Waals surface area contributed by atoms with E-state index in [1.54, 1.807) is 12.1 Å². The molecule has 1 aromatic carbocycles. The van der Waals surface area contributed by atoms with Gasteiger partial charge in [0.25, 0.3) is 0 Å². The van der Waals surface area contributed by atoms with Crippen molar-refractivity contribution in [1.82, 2.24) is 4.90 Å². The van der Waals surface area contributed by atoms with Crippen LogP contribution in [-0.4, -0.2) is 54.2 Å². The number of hydrogen-bond donors (Lipinski definition) is 2. The van der Waals surface area contributed by atoms with Crippen molar-refractivity contribution >= 4 is 27.6 Å². The van der Waals surface area contributed by atoms with E-state index in [1.165, 1.54) is 0 Å². The smallest absolute Gasteiger partial charge is 0.336 e. The number of carboxylic acid groups (broad SMARTS) is 1. The van der Waals surface area contributed by atoms with E-state index < -0.39 is 5.97 Å². The topological polar surface area (TPSA) is 73.2 Å². The van der Waals surface area contributed by atoms with E-state index in [9.17, 15) is 15.0 Å². The minimum atomic E-state index is -0.963. The standard InChI is InChI=1S/C15H19BrN2O4/c1-17-12-6-10(14(20)21)11(16)7-13(12)22-15(17)18-4-2-9(8-19)3-5-18/h6-7,9,15,19H,2-5,8H2,1H3,(H,20,21). The molecule has 3 rings (SSSR count). The summed E-state index contributed by atoms with van der Waals surface area (Å²) in [5.74, 6) is 0.0991.